The number of hydrogen-bond acceptors (Lipinski definition) is 4. The van der Waals surface area contributed by atoms with Gasteiger partial charge in [-0.15, -0.1) is 0 Å². The molecule has 0 aliphatic rings. The number of aromatic nitrogens is 1. The molecule has 1 rings (SSSR count). The summed E-state index contributed by atoms with van der Waals surface area (Å²) in [7, 11) is 0. The smallest absolute Gasteiger partial charge is 0.123 e. The number of nitrogens with zero attached hydrogens (tertiary/aromatic N) is 1. The molecular formula is C8H13N3O. The molecule has 0 aliphatic carbocycles. The van der Waals surface area contributed by atoms with E-state index in [4.69, 9.17) is 16.6 Å². The van der Waals surface area contributed by atoms with E-state index in [0.29, 0.717) is 12.2 Å². The van der Waals surface area contributed by atoms with E-state index in [-0.39, 0.29) is 12.6 Å². The van der Waals surface area contributed by atoms with Gasteiger partial charge >= 0.3 is 0 Å². The highest BCUT2D eigenvalue weighted by atomic mass is 16.3. The molecule has 0 aromatic carbocycles. The molecule has 4 heteroatoms. The van der Waals surface area contributed by atoms with Crippen LogP contribution in [0.3, 0.4) is 0 Å². The van der Waals surface area contributed by atoms with Gasteiger partial charge in [-0.3, -0.25) is 0 Å². The Morgan fingerprint density at radius 3 is 2.92 bits per heavy atom. The van der Waals surface area contributed by atoms with Crippen LogP contribution in [-0.2, 0) is 0 Å². The Morgan fingerprint density at radius 1 is 1.58 bits per heavy atom. The minimum Gasteiger partial charge on any atom is -0.396 e. The van der Waals surface area contributed by atoms with E-state index in [1.54, 1.807) is 18.3 Å². The monoisotopic (exact) mass is 167 g/mol. The summed E-state index contributed by atoms with van der Waals surface area (Å²) in [4.78, 5) is 3.84. The molecule has 0 fully saturated rings. The average molecular weight is 167 g/mol. The molecule has 0 unspecified atom stereocenters. The maximum atomic E-state index is 8.64. The Bertz CT molecular complexity index is 252. The fraction of sp³-hybridized carbons (Fsp3) is 0.375. The fourth-order valence-corrected chi connectivity index (χ4v) is 1.00. The highest BCUT2D eigenvalue weighted by Crippen LogP contribution is 2.13. The third-order valence-corrected chi connectivity index (χ3v) is 1.67. The first-order chi connectivity index (χ1) is 5.74. The average Bonchev–Trinajstić information content (AvgIpc) is 2.05. The molecule has 0 spiro atoms. The Morgan fingerprint density at radius 2 is 2.33 bits per heavy atom. The molecular weight excluding hydrogens is 154 g/mol. The van der Waals surface area contributed by atoms with Crippen molar-refractivity contribution in [2.45, 2.75) is 12.5 Å². The molecule has 1 atom stereocenters. The van der Waals surface area contributed by atoms with E-state index < -0.39 is 0 Å². The lowest BCUT2D eigenvalue weighted by atomic mass is 10.1. The summed E-state index contributed by atoms with van der Waals surface area (Å²) in [5.74, 6) is 0.459. The van der Waals surface area contributed by atoms with Crippen LogP contribution in [0, 0.1) is 0 Å². The van der Waals surface area contributed by atoms with Crippen molar-refractivity contribution in [1.29, 1.82) is 0 Å². The number of pyridine rings is 1. The van der Waals surface area contributed by atoms with Gasteiger partial charge in [0, 0.05) is 18.8 Å². The molecule has 0 bridgehead atoms. The molecule has 1 aromatic heterocycles. The SMILES string of the molecule is Nc1cc([C@H](N)CCO)ccn1. The predicted molar refractivity (Wildman–Crippen MR) is 47.3 cm³/mol. The maximum Gasteiger partial charge on any atom is 0.123 e. The second kappa shape index (κ2) is 4.04. The van der Waals surface area contributed by atoms with Crippen LogP contribution in [0.1, 0.15) is 18.0 Å². The normalized spacial score (nSPS) is 12.8. The zero-order chi connectivity index (χ0) is 8.97. The standard InChI is InChI=1S/C8H13N3O/c9-7(2-4-12)6-1-3-11-8(10)5-6/h1,3,5,7,12H,2,4,9H2,(H2,10,11)/t7-/m1/s1. The summed E-state index contributed by atoms with van der Waals surface area (Å²) < 4.78 is 0. The number of aliphatic hydroxyl groups is 1. The zero-order valence-corrected chi connectivity index (χ0v) is 6.77. The molecule has 1 heterocycles. The molecule has 5 N–H and O–H groups in total. The summed E-state index contributed by atoms with van der Waals surface area (Å²) in [6.45, 7) is 0.0867. The van der Waals surface area contributed by atoms with Crippen molar-refractivity contribution in [2.75, 3.05) is 12.3 Å². The van der Waals surface area contributed by atoms with Gasteiger partial charge in [0.2, 0.25) is 0 Å². The van der Waals surface area contributed by atoms with Crippen LogP contribution in [-0.4, -0.2) is 16.7 Å². The molecule has 0 radical (unpaired) electrons. The number of rotatable bonds is 3. The fourth-order valence-electron chi connectivity index (χ4n) is 1.00. The first-order valence-corrected chi connectivity index (χ1v) is 3.82. The van der Waals surface area contributed by atoms with Crippen molar-refractivity contribution in [1.82, 2.24) is 4.98 Å². The second-order valence-electron chi connectivity index (χ2n) is 2.63. The van der Waals surface area contributed by atoms with Crippen molar-refractivity contribution in [3.05, 3.63) is 23.9 Å². The molecule has 12 heavy (non-hydrogen) atoms. The van der Waals surface area contributed by atoms with Crippen molar-refractivity contribution in [2.24, 2.45) is 5.73 Å². The van der Waals surface area contributed by atoms with E-state index >= 15 is 0 Å². The first-order valence-electron chi connectivity index (χ1n) is 3.82. The van der Waals surface area contributed by atoms with Gasteiger partial charge in [-0.25, -0.2) is 4.98 Å². The largest absolute Gasteiger partial charge is 0.396 e. The van der Waals surface area contributed by atoms with Gasteiger partial charge in [-0.2, -0.15) is 0 Å². The highest BCUT2D eigenvalue weighted by Gasteiger charge is 2.04. The van der Waals surface area contributed by atoms with Gasteiger partial charge in [0.25, 0.3) is 0 Å². The number of aliphatic hydroxyl groups excluding tert-OH is 1. The maximum absolute atomic E-state index is 8.64. The third kappa shape index (κ3) is 2.18. The number of nitrogens with two attached hydrogens (primary N) is 2. The van der Waals surface area contributed by atoms with Crippen molar-refractivity contribution in [3.63, 3.8) is 0 Å². The molecule has 0 saturated carbocycles. The van der Waals surface area contributed by atoms with Crippen LogP contribution in [0.2, 0.25) is 0 Å². The number of nitrogen functional groups attached to an aromatic ring is 1. The summed E-state index contributed by atoms with van der Waals surface area (Å²) in [6.07, 6.45) is 2.16. The molecule has 0 aliphatic heterocycles. The summed E-state index contributed by atoms with van der Waals surface area (Å²) in [5, 5.41) is 8.64. The molecule has 1 aromatic rings. The van der Waals surface area contributed by atoms with Crippen LogP contribution >= 0.6 is 0 Å². The molecule has 0 saturated heterocycles. The topological polar surface area (TPSA) is 85.2 Å². The van der Waals surface area contributed by atoms with Crippen LogP contribution in [0.15, 0.2) is 18.3 Å². The molecule has 0 amide bonds. The minimum atomic E-state index is -0.153. The molecule has 66 valence electrons. The summed E-state index contributed by atoms with van der Waals surface area (Å²) in [5.41, 5.74) is 12.1. The van der Waals surface area contributed by atoms with Crippen molar-refractivity contribution in [3.8, 4) is 0 Å². The van der Waals surface area contributed by atoms with Gasteiger partial charge in [0.1, 0.15) is 5.82 Å². The van der Waals surface area contributed by atoms with Gasteiger partial charge in [-0.05, 0) is 24.1 Å². The van der Waals surface area contributed by atoms with E-state index in [2.05, 4.69) is 4.98 Å². The summed E-state index contributed by atoms with van der Waals surface area (Å²) in [6, 6.07) is 3.37. The second-order valence-corrected chi connectivity index (χ2v) is 2.63. The summed E-state index contributed by atoms with van der Waals surface area (Å²) >= 11 is 0. The lowest BCUT2D eigenvalue weighted by Crippen LogP contribution is -2.12. The van der Waals surface area contributed by atoms with E-state index in [1.807, 2.05) is 0 Å². The Labute approximate surface area is 71.2 Å². The molecule has 4 nitrogen and oxygen atoms in total. The van der Waals surface area contributed by atoms with Crippen LogP contribution in [0.5, 0.6) is 0 Å². The van der Waals surface area contributed by atoms with E-state index in [1.165, 1.54) is 0 Å². The lowest BCUT2D eigenvalue weighted by Gasteiger charge is -2.09. The van der Waals surface area contributed by atoms with Gasteiger partial charge < -0.3 is 16.6 Å². The Hall–Kier alpha value is -1.13. The zero-order valence-electron chi connectivity index (χ0n) is 6.77. The first kappa shape index (κ1) is 8.96. The van der Waals surface area contributed by atoms with E-state index in [0.717, 1.165) is 5.56 Å². The van der Waals surface area contributed by atoms with E-state index in [9.17, 15) is 0 Å². The van der Waals surface area contributed by atoms with Crippen molar-refractivity contribution >= 4 is 5.82 Å². The Kier molecular flexibility index (Phi) is 3.01. The van der Waals surface area contributed by atoms with Gasteiger partial charge in [0.15, 0.2) is 0 Å². The van der Waals surface area contributed by atoms with Gasteiger partial charge in [0.05, 0.1) is 0 Å². The van der Waals surface area contributed by atoms with Crippen LogP contribution in [0.25, 0.3) is 0 Å². The Balaban J connectivity index is 2.73. The van der Waals surface area contributed by atoms with Crippen LogP contribution in [0.4, 0.5) is 5.82 Å². The quantitative estimate of drug-likeness (QED) is 0.593. The van der Waals surface area contributed by atoms with Gasteiger partial charge in [-0.1, -0.05) is 0 Å². The number of hydrogen-bond donors (Lipinski definition) is 3. The highest BCUT2D eigenvalue weighted by molar-refractivity contribution is 5.33. The lowest BCUT2D eigenvalue weighted by molar-refractivity contribution is 0.276. The number of anilines is 1. The van der Waals surface area contributed by atoms with Crippen LogP contribution < -0.4 is 11.5 Å². The van der Waals surface area contributed by atoms with Crippen molar-refractivity contribution < 1.29 is 5.11 Å². The minimum absolute atomic E-state index is 0.0867. The third-order valence-electron chi connectivity index (χ3n) is 1.67. The predicted octanol–water partition coefficient (Wildman–Crippen LogP) is 0.0460.